The van der Waals surface area contributed by atoms with Gasteiger partial charge in [0.05, 0.1) is 5.75 Å². The predicted octanol–water partition coefficient (Wildman–Crippen LogP) is 0.493. The van der Waals surface area contributed by atoms with Crippen molar-refractivity contribution in [1.82, 2.24) is 10.2 Å². The van der Waals surface area contributed by atoms with E-state index in [1.807, 2.05) is 0 Å². The molecular weight excluding hydrogens is 224 g/mol. The van der Waals surface area contributed by atoms with E-state index in [0.717, 1.165) is 26.1 Å². The van der Waals surface area contributed by atoms with E-state index in [1.165, 1.54) is 6.26 Å². The van der Waals surface area contributed by atoms with Crippen LogP contribution in [0.2, 0.25) is 0 Å². The largest absolute Gasteiger partial charge is 0.311 e. The molecule has 1 atom stereocenters. The fourth-order valence-corrected chi connectivity index (χ4v) is 2.74. The molecule has 1 aliphatic heterocycles. The van der Waals surface area contributed by atoms with E-state index in [1.54, 1.807) is 0 Å². The van der Waals surface area contributed by atoms with Gasteiger partial charge in [0, 0.05) is 30.9 Å². The maximum atomic E-state index is 11.1. The molecule has 0 aromatic rings. The van der Waals surface area contributed by atoms with Gasteiger partial charge >= 0.3 is 0 Å². The average Bonchev–Trinajstić information content (AvgIpc) is 2.09. The van der Waals surface area contributed by atoms with Gasteiger partial charge in [0.2, 0.25) is 0 Å². The molecule has 1 rings (SSSR count). The first-order valence-corrected chi connectivity index (χ1v) is 7.93. The number of nitrogens with one attached hydrogen (secondary N) is 1. The van der Waals surface area contributed by atoms with Crippen LogP contribution in [0.1, 0.15) is 27.2 Å². The van der Waals surface area contributed by atoms with Gasteiger partial charge in [0.1, 0.15) is 9.84 Å². The number of hydrogen-bond donors (Lipinski definition) is 1. The van der Waals surface area contributed by atoms with Crippen molar-refractivity contribution in [3.63, 3.8) is 0 Å². The van der Waals surface area contributed by atoms with Crippen molar-refractivity contribution in [3.05, 3.63) is 0 Å². The van der Waals surface area contributed by atoms with Crippen LogP contribution in [0.3, 0.4) is 0 Å². The van der Waals surface area contributed by atoms with Crippen LogP contribution in [-0.2, 0) is 9.84 Å². The molecule has 96 valence electrons. The van der Waals surface area contributed by atoms with Gasteiger partial charge in [-0.25, -0.2) is 8.42 Å². The highest BCUT2D eigenvalue weighted by Gasteiger charge is 2.31. The van der Waals surface area contributed by atoms with E-state index in [2.05, 4.69) is 31.0 Å². The molecule has 5 heteroatoms. The summed E-state index contributed by atoms with van der Waals surface area (Å²) in [5, 5.41) is 3.45. The molecule has 1 aliphatic rings. The van der Waals surface area contributed by atoms with Gasteiger partial charge < -0.3 is 5.32 Å². The summed E-state index contributed by atoms with van der Waals surface area (Å²) in [6, 6.07) is 0.492. The molecule has 0 aromatic carbocycles. The lowest BCUT2D eigenvalue weighted by atomic mass is 9.98. The summed E-state index contributed by atoms with van der Waals surface area (Å²) in [6.07, 6.45) is 2.04. The zero-order chi connectivity index (χ0) is 12.4. The SMILES string of the molecule is CC1CN(CCCS(C)(=O)=O)C(C)(C)CN1. The number of nitrogens with zero attached hydrogens (tertiary/aromatic N) is 1. The topological polar surface area (TPSA) is 49.4 Å². The van der Waals surface area contributed by atoms with Crippen molar-refractivity contribution in [2.45, 2.75) is 38.8 Å². The van der Waals surface area contributed by atoms with Crippen molar-refractivity contribution in [2.75, 3.05) is 31.6 Å². The molecule has 0 saturated carbocycles. The minimum atomic E-state index is -2.82. The third-order valence-electron chi connectivity index (χ3n) is 3.18. The normalized spacial score (nSPS) is 26.9. The summed E-state index contributed by atoms with van der Waals surface area (Å²) in [4.78, 5) is 2.39. The van der Waals surface area contributed by atoms with Crippen molar-refractivity contribution >= 4 is 9.84 Å². The van der Waals surface area contributed by atoms with Crippen LogP contribution in [-0.4, -0.2) is 56.5 Å². The van der Waals surface area contributed by atoms with Crippen molar-refractivity contribution in [1.29, 1.82) is 0 Å². The highest BCUT2D eigenvalue weighted by Crippen LogP contribution is 2.18. The van der Waals surface area contributed by atoms with Crippen molar-refractivity contribution in [2.24, 2.45) is 0 Å². The molecule has 0 bridgehead atoms. The minimum Gasteiger partial charge on any atom is -0.311 e. The maximum absolute atomic E-state index is 11.1. The number of rotatable bonds is 4. The molecule has 0 radical (unpaired) electrons. The molecule has 4 nitrogen and oxygen atoms in total. The van der Waals surface area contributed by atoms with Crippen LogP contribution in [0.15, 0.2) is 0 Å². The molecule has 1 unspecified atom stereocenters. The Hall–Kier alpha value is -0.130. The monoisotopic (exact) mass is 248 g/mol. The molecule has 16 heavy (non-hydrogen) atoms. The second-order valence-electron chi connectivity index (χ2n) is 5.52. The van der Waals surface area contributed by atoms with Gasteiger partial charge in [-0.1, -0.05) is 0 Å². The summed E-state index contributed by atoms with van der Waals surface area (Å²) in [7, 11) is -2.82. The Morgan fingerprint density at radius 3 is 2.62 bits per heavy atom. The van der Waals surface area contributed by atoms with Crippen molar-refractivity contribution in [3.8, 4) is 0 Å². The lowest BCUT2D eigenvalue weighted by Gasteiger charge is -2.45. The molecule has 1 fully saturated rings. The quantitative estimate of drug-likeness (QED) is 0.787. The minimum absolute atomic E-state index is 0.129. The predicted molar refractivity (Wildman–Crippen MR) is 67.4 cm³/mol. The fraction of sp³-hybridized carbons (Fsp3) is 1.00. The van der Waals surface area contributed by atoms with Gasteiger partial charge in [-0.15, -0.1) is 0 Å². The fourth-order valence-electron chi connectivity index (χ4n) is 2.09. The third kappa shape index (κ3) is 4.39. The summed E-state index contributed by atoms with van der Waals surface area (Å²) in [6.45, 7) is 9.40. The Kier molecular flexibility index (Phi) is 4.37. The third-order valence-corrected chi connectivity index (χ3v) is 4.21. The van der Waals surface area contributed by atoms with E-state index in [4.69, 9.17) is 0 Å². The molecule has 1 N–H and O–H groups in total. The lowest BCUT2D eigenvalue weighted by molar-refractivity contribution is 0.0707. The van der Waals surface area contributed by atoms with E-state index >= 15 is 0 Å². The number of hydrogen-bond acceptors (Lipinski definition) is 4. The Bertz CT molecular complexity index is 325. The summed E-state index contributed by atoms with van der Waals surface area (Å²) in [5.74, 6) is 0.293. The van der Waals surface area contributed by atoms with Crippen LogP contribution in [0.4, 0.5) is 0 Å². The van der Waals surface area contributed by atoms with E-state index in [9.17, 15) is 8.42 Å². The Balaban J connectivity index is 2.45. The molecule has 0 aromatic heterocycles. The lowest BCUT2D eigenvalue weighted by Crippen LogP contribution is -2.61. The Morgan fingerprint density at radius 1 is 1.44 bits per heavy atom. The molecule has 0 aliphatic carbocycles. The highest BCUT2D eigenvalue weighted by atomic mass is 32.2. The van der Waals surface area contributed by atoms with Gasteiger partial charge in [-0.3, -0.25) is 4.90 Å². The van der Waals surface area contributed by atoms with Crippen LogP contribution >= 0.6 is 0 Å². The smallest absolute Gasteiger partial charge is 0.147 e. The van der Waals surface area contributed by atoms with Gasteiger partial charge in [0.15, 0.2) is 0 Å². The number of piperazine rings is 1. The first-order chi connectivity index (χ1) is 7.21. The zero-order valence-electron chi connectivity index (χ0n) is 10.8. The molecule has 0 amide bonds. The second-order valence-corrected chi connectivity index (χ2v) is 7.78. The van der Waals surface area contributed by atoms with Crippen molar-refractivity contribution < 1.29 is 8.42 Å². The summed E-state index contributed by atoms with van der Waals surface area (Å²) in [5.41, 5.74) is 0.129. The van der Waals surface area contributed by atoms with Gasteiger partial charge in [-0.05, 0) is 33.7 Å². The standard InChI is InChI=1S/C11H24N2O2S/c1-10-8-13(11(2,3)9-12-10)6-5-7-16(4,14)15/h10,12H,5-9H2,1-4H3. The highest BCUT2D eigenvalue weighted by molar-refractivity contribution is 7.90. The second kappa shape index (κ2) is 5.02. The average molecular weight is 248 g/mol. The zero-order valence-corrected chi connectivity index (χ0v) is 11.6. The van der Waals surface area contributed by atoms with Crippen LogP contribution < -0.4 is 5.32 Å². The summed E-state index contributed by atoms with van der Waals surface area (Å²) >= 11 is 0. The van der Waals surface area contributed by atoms with E-state index < -0.39 is 9.84 Å². The molecular formula is C11H24N2O2S. The van der Waals surface area contributed by atoms with Gasteiger partial charge in [-0.2, -0.15) is 0 Å². The molecule has 0 spiro atoms. The Labute approximate surface area is 99.3 Å². The number of sulfone groups is 1. The van der Waals surface area contributed by atoms with Crippen LogP contribution in [0.5, 0.6) is 0 Å². The summed E-state index contributed by atoms with van der Waals surface area (Å²) < 4.78 is 22.1. The molecule has 1 saturated heterocycles. The van der Waals surface area contributed by atoms with Crippen LogP contribution in [0.25, 0.3) is 0 Å². The van der Waals surface area contributed by atoms with E-state index in [0.29, 0.717) is 11.8 Å². The van der Waals surface area contributed by atoms with Gasteiger partial charge in [0.25, 0.3) is 0 Å². The van der Waals surface area contributed by atoms with Crippen LogP contribution in [0, 0.1) is 0 Å². The maximum Gasteiger partial charge on any atom is 0.147 e. The van der Waals surface area contributed by atoms with E-state index in [-0.39, 0.29) is 5.54 Å². The first kappa shape index (κ1) is 13.9. The molecule has 1 heterocycles. The Morgan fingerprint density at radius 2 is 2.06 bits per heavy atom. The first-order valence-electron chi connectivity index (χ1n) is 5.87.